The summed E-state index contributed by atoms with van der Waals surface area (Å²) >= 11 is 0. The second kappa shape index (κ2) is 5.81. The average Bonchev–Trinajstić information content (AvgIpc) is 2.87. The highest BCUT2D eigenvalue weighted by atomic mass is 16.2. The highest BCUT2D eigenvalue weighted by molar-refractivity contribution is 6.07. The zero-order chi connectivity index (χ0) is 15.5. The molecule has 0 spiro atoms. The summed E-state index contributed by atoms with van der Waals surface area (Å²) in [5, 5.41) is 3.65. The maximum atomic E-state index is 12.2. The van der Waals surface area contributed by atoms with Gasteiger partial charge in [-0.2, -0.15) is 0 Å². The first-order chi connectivity index (χ1) is 10.6. The Labute approximate surface area is 127 Å². The Bertz CT molecular complexity index is 837. The fraction of sp³-hybridized carbons (Fsp3) is 0.118. The molecule has 1 aromatic carbocycles. The molecule has 0 saturated carbocycles. The van der Waals surface area contributed by atoms with E-state index in [1.807, 2.05) is 24.3 Å². The van der Waals surface area contributed by atoms with Crippen LogP contribution in [0.2, 0.25) is 0 Å². The van der Waals surface area contributed by atoms with E-state index in [2.05, 4.69) is 10.3 Å². The molecule has 2 heterocycles. The molecule has 0 aliphatic rings. The van der Waals surface area contributed by atoms with Crippen molar-refractivity contribution in [3.8, 4) is 0 Å². The summed E-state index contributed by atoms with van der Waals surface area (Å²) in [6.45, 7) is 1.67. The van der Waals surface area contributed by atoms with Crippen LogP contribution in [0.1, 0.15) is 17.3 Å². The molecule has 0 aliphatic carbocycles. The molecule has 3 aromatic rings. The highest BCUT2D eigenvalue weighted by Crippen LogP contribution is 2.21. The Morgan fingerprint density at radius 2 is 2.00 bits per heavy atom. The van der Waals surface area contributed by atoms with E-state index in [9.17, 15) is 9.59 Å². The van der Waals surface area contributed by atoms with Crippen LogP contribution in [0, 0.1) is 0 Å². The lowest BCUT2D eigenvalue weighted by Crippen LogP contribution is -2.18. The zero-order valence-electron chi connectivity index (χ0n) is 12.1. The molecule has 0 fully saturated rings. The molecule has 0 saturated heterocycles. The summed E-state index contributed by atoms with van der Waals surface area (Å²) < 4.78 is 1.79. The van der Waals surface area contributed by atoms with Gasteiger partial charge in [-0.15, -0.1) is 0 Å². The van der Waals surface area contributed by atoms with Gasteiger partial charge in [0, 0.05) is 28.9 Å². The molecule has 0 bridgehead atoms. The van der Waals surface area contributed by atoms with Crippen LogP contribution in [-0.2, 0) is 11.3 Å². The number of carbonyl (C=O) groups is 2. The van der Waals surface area contributed by atoms with Crippen molar-refractivity contribution in [1.29, 1.82) is 0 Å². The minimum Gasteiger partial charge on any atom is -0.337 e. The van der Waals surface area contributed by atoms with Gasteiger partial charge in [-0.05, 0) is 25.1 Å². The number of hydrogen-bond donors (Lipinski definition) is 1. The first-order valence-corrected chi connectivity index (χ1v) is 6.94. The molecule has 0 atom stereocenters. The Balaban J connectivity index is 1.88. The van der Waals surface area contributed by atoms with Crippen molar-refractivity contribution in [2.45, 2.75) is 13.5 Å². The van der Waals surface area contributed by atoms with Crippen molar-refractivity contribution < 1.29 is 9.59 Å². The van der Waals surface area contributed by atoms with Crippen molar-refractivity contribution >= 4 is 28.3 Å². The second-order valence-electron chi connectivity index (χ2n) is 5.03. The normalized spacial score (nSPS) is 10.6. The number of para-hydroxylation sites is 1. The number of benzene rings is 1. The van der Waals surface area contributed by atoms with E-state index in [4.69, 9.17) is 0 Å². The fourth-order valence-corrected chi connectivity index (χ4v) is 2.45. The average molecular weight is 293 g/mol. The van der Waals surface area contributed by atoms with E-state index >= 15 is 0 Å². The number of fused-ring (bicyclic) bond motifs is 1. The molecule has 0 unspecified atom stereocenters. The summed E-state index contributed by atoms with van der Waals surface area (Å²) in [6, 6.07) is 11.1. The molecule has 5 nitrogen and oxygen atoms in total. The Hall–Kier alpha value is -2.95. The van der Waals surface area contributed by atoms with Crippen molar-refractivity contribution in [3.05, 3.63) is 60.6 Å². The number of ketones is 1. The van der Waals surface area contributed by atoms with Gasteiger partial charge in [0.05, 0.1) is 11.9 Å². The first-order valence-electron chi connectivity index (χ1n) is 6.94. The number of nitrogens with zero attached hydrogens (tertiary/aromatic N) is 2. The van der Waals surface area contributed by atoms with Gasteiger partial charge >= 0.3 is 0 Å². The van der Waals surface area contributed by atoms with E-state index in [-0.39, 0.29) is 18.2 Å². The predicted octanol–water partition coefficient (Wildman–Crippen LogP) is 2.88. The minimum atomic E-state index is -0.163. The van der Waals surface area contributed by atoms with E-state index in [1.165, 1.54) is 6.92 Å². The van der Waals surface area contributed by atoms with Crippen molar-refractivity contribution in [2.24, 2.45) is 0 Å². The number of pyridine rings is 1. The number of nitrogens with one attached hydrogen (secondary N) is 1. The number of aromatic nitrogens is 2. The number of anilines is 1. The van der Waals surface area contributed by atoms with Crippen molar-refractivity contribution in [3.63, 3.8) is 0 Å². The largest absolute Gasteiger partial charge is 0.337 e. The van der Waals surface area contributed by atoms with Crippen molar-refractivity contribution in [2.75, 3.05) is 5.32 Å². The van der Waals surface area contributed by atoms with E-state index < -0.39 is 0 Å². The lowest BCUT2D eigenvalue weighted by molar-refractivity contribution is -0.116. The Morgan fingerprint density at radius 3 is 2.73 bits per heavy atom. The lowest BCUT2D eigenvalue weighted by atomic mass is 10.1. The fourth-order valence-electron chi connectivity index (χ4n) is 2.45. The SMILES string of the molecule is CC(=O)c1cn(CC(=O)Nc2cccnc2)c2ccccc12. The van der Waals surface area contributed by atoms with Crippen LogP contribution >= 0.6 is 0 Å². The number of amides is 1. The molecule has 1 amide bonds. The van der Waals surface area contributed by atoms with E-state index in [1.54, 1.807) is 35.3 Å². The summed E-state index contributed by atoms with van der Waals surface area (Å²) in [7, 11) is 0. The minimum absolute atomic E-state index is 0.0115. The van der Waals surface area contributed by atoms with Crippen LogP contribution < -0.4 is 5.32 Å². The first kappa shape index (κ1) is 14.0. The second-order valence-corrected chi connectivity index (χ2v) is 5.03. The molecular weight excluding hydrogens is 278 g/mol. The predicted molar refractivity (Wildman–Crippen MR) is 84.8 cm³/mol. The maximum Gasteiger partial charge on any atom is 0.244 e. The summed E-state index contributed by atoms with van der Waals surface area (Å²) in [6.07, 6.45) is 4.97. The summed E-state index contributed by atoms with van der Waals surface area (Å²) in [5.74, 6) is -0.175. The molecule has 5 heteroatoms. The third kappa shape index (κ3) is 2.74. The van der Waals surface area contributed by atoms with Crippen LogP contribution in [0.5, 0.6) is 0 Å². The van der Waals surface area contributed by atoms with E-state index in [0.717, 1.165) is 10.9 Å². The summed E-state index contributed by atoms with van der Waals surface area (Å²) in [5.41, 5.74) is 2.15. The zero-order valence-corrected chi connectivity index (χ0v) is 12.1. The number of carbonyl (C=O) groups excluding carboxylic acids is 2. The van der Waals surface area contributed by atoms with Gasteiger partial charge in [0.1, 0.15) is 6.54 Å². The van der Waals surface area contributed by atoms with Gasteiger partial charge in [0.25, 0.3) is 0 Å². The van der Waals surface area contributed by atoms with Gasteiger partial charge in [-0.1, -0.05) is 18.2 Å². The van der Waals surface area contributed by atoms with Gasteiger partial charge in [-0.3, -0.25) is 14.6 Å². The van der Waals surface area contributed by atoms with Crippen molar-refractivity contribution in [1.82, 2.24) is 9.55 Å². The molecule has 1 N–H and O–H groups in total. The number of hydrogen-bond acceptors (Lipinski definition) is 3. The summed E-state index contributed by atoms with van der Waals surface area (Å²) in [4.78, 5) is 27.8. The molecule has 2 aromatic heterocycles. The molecule has 3 rings (SSSR count). The number of rotatable bonds is 4. The van der Waals surface area contributed by atoms with Gasteiger partial charge in [0.2, 0.25) is 5.91 Å². The Kier molecular flexibility index (Phi) is 3.70. The highest BCUT2D eigenvalue weighted by Gasteiger charge is 2.13. The third-order valence-electron chi connectivity index (χ3n) is 3.43. The van der Waals surface area contributed by atoms with Crippen LogP contribution in [0.4, 0.5) is 5.69 Å². The maximum absolute atomic E-state index is 12.2. The Morgan fingerprint density at radius 1 is 1.18 bits per heavy atom. The molecule has 0 radical (unpaired) electrons. The van der Waals surface area contributed by atoms with Crippen LogP contribution in [-0.4, -0.2) is 21.2 Å². The van der Waals surface area contributed by atoms with Gasteiger partial charge < -0.3 is 9.88 Å². The monoisotopic (exact) mass is 293 g/mol. The van der Waals surface area contributed by atoms with Crippen LogP contribution in [0.3, 0.4) is 0 Å². The molecular formula is C17H15N3O2. The lowest BCUT2D eigenvalue weighted by Gasteiger charge is -2.06. The molecule has 0 aliphatic heterocycles. The van der Waals surface area contributed by atoms with Gasteiger partial charge in [0.15, 0.2) is 5.78 Å². The smallest absolute Gasteiger partial charge is 0.244 e. The molecule has 22 heavy (non-hydrogen) atoms. The van der Waals surface area contributed by atoms with Gasteiger partial charge in [-0.25, -0.2) is 0 Å². The quantitative estimate of drug-likeness (QED) is 0.752. The topological polar surface area (TPSA) is 64.0 Å². The standard InChI is InChI=1S/C17H15N3O2/c1-12(21)15-10-20(16-7-3-2-6-14(15)16)11-17(22)19-13-5-4-8-18-9-13/h2-10H,11H2,1H3,(H,19,22). The van der Waals surface area contributed by atoms with Crippen LogP contribution in [0.25, 0.3) is 10.9 Å². The molecule has 110 valence electrons. The number of Topliss-reactive ketones (excluding diaryl/α,β-unsaturated/α-hetero) is 1. The third-order valence-corrected chi connectivity index (χ3v) is 3.43. The van der Waals surface area contributed by atoms with Crippen LogP contribution in [0.15, 0.2) is 55.0 Å². The van der Waals surface area contributed by atoms with E-state index in [0.29, 0.717) is 11.3 Å².